The number of benzene rings is 2. The van der Waals surface area contributed by atoms with Crippen LogP contribution in [0.5, 0.6) is 5.75 Å². The standard InChI is InChI=1S/C21H19BrClN3O3/c1-4-12(2)20-25-18-7-5-15(22)10-17(18)21(28)26(20)24-11-14-9-16(23)6-8-19(14)29-13(3)27/h5-12H,4H2,1-3H3/t12-/m1/s1. The number of hydrogen-bond donors (Lipinski definition) is 0. The number of carbonyl (C=O) groups excluding carboxylic acids is 1. The monoisotopic (exact) mass is 475 g/mol. The highest BCUT2D eigenvalue weighted by molar-refractivity contribution is 9.10. The Kier molecular flexibility index (Phi) is 6.49. The van der Waals surface area contributed by atoms with Crippen molar-refractivity contribution in [2.24, 2.45) is 5.10 Å². The van der Waals surface area contributed by atoms with Crippen molar-refractivity contribution in [1.82, 2.24) is 9.66 Å². The molecule has 1 aromatic heterocycles. The van der Waals surface area contributed by atoms with Gasteiger partial charge in [0, 0.05) is 27.9 Å². The normalized spacial score (nSPS) is 12.4. The summed E-state index contributed by atoms with van der Waals surface area (Å²) in [5.74, 6) is 0.414. The minimum atomic E-state index is -0.461. The van der Waals surface area contributed by atoms with E-state index in [1.54, 1.807) is 30.3 Å². The molecule has 2 aromatic carbocycles. The van der Waals surface area contributed by atoms with E-state index < -0.39 is 5.97 Å². The molecule has 0 unspecified atom stereocenters. The molecule has 0 fully saturated rings. The number of nitrogens with zero attached hydrogens (tertiary/aromatic N) is 3. The molecule has 0 aliphatic rings. The van der Waals surface area contributed by atoms with Gasteiger partial charge in [-0.2, -0.15) is 9.78 Å². The number of fused-ring (bicyclic) bond motifs is 1. The summed E-state index contributed by atoms with van der Waals surface area (Å²) >= 11 is 9.47. The third-order valence-electron chi connectivity index (χ3n) is 4.42. The van der Waals surface area contributed by atoms with Crippen molar-refractivity contribution in [2.75, 3.05) is 0 Å². The molecule has 0 saturated heterocycles. The number of ether oxygens (including phenoxy) is 1. The van der Waals surface area contributed by atoms with Gasteiger partial charge < -0.3 is 4.74 Å². The van der Waals surface area contributed by atoms with Crippen LogP contribution < -0.4 is 10.3 Å². The predicted molar refractivity (Wildman–Crippen MR) is 118 cm³/mol. The van der Waals surface area contributed by atoms with Gasteiger partial charge >= 0.3 is 5.97 Å². The van der Waals surface area contributed by atoms with Crippen LogP contribution in [-0.4, -0.2) is 21.8 Å². The van der Waals surface area contributed by atoms with Crippen LogP contribution in [0.2, 0.25) is 5.02 Å². The van der Waals surface area contributed by atoms with Gasteiger partial charge in [0.1, 0.15) is 11.6 Å². The average Bonchev–Trinajstić information content (AvgIpc) is 2.68. The smallest absolute Gasteiger partial charge is 0.308 e. The van der Waals surface area contributed by atoms with Gasteiger partial charge in [0.25, 0.3) is 5.56 Å². The highest BCUT2D eigenvalue weighted by Gasteiger charge is 2.16. The van der Waals surface area contributed by atoms with Gasteiger partial charge in [0.15, 0.2) is 0 Å². The summed E-state index contributed by atoms with van der Waals surface area (Å²) in [4.78, 5) is 29.2. The molecule has 29 heavy (non-hydrogen) atoms. The fourth-order valence-corrected chi connectivity index (χ4v) is 3.31. The summed E-state index contributed by atoms with van der Waals surface area (Å²) in [6, 6.07) is 10.2. The van der Waals surface area contributed by atoms with Crippen molar-refractivity contribution >= 4 is 50.6 Å². The fourth-order valence-electron chi connectivity index (χ4n) is 2.77. The molecule has 0 aliphatic carbocycles. The summed E-state index contributed by atoms with van der Waals surface area (Å²) < 4.78 is 7.28. The van der Waals surface area contributed by atoms with Gasteiger partial charge in [-0.15, -0.1) is 0 Å². The summed E-state index contributed by atoms with van der Waals surface area (Å²) in [5.41, 5.74) is 0.811. The van der Waals surface area contributed by atoms with E-state index in [2.05, 4.69) is 26.0 Å². The Morgan fingerprint density at radius 3 is 2.79 bits per heavy atom. The van der Waals surface area contributed by atoms with Crippen LogP contribution >= 0.6 is 27.5 Å². The van der Waals surface area contributed by atoms with Crippen LogP contribution in [0.25, 0.3) is 10.9 Å². The van der Waals surface area contributed by atoms with Crippen molar-refractivity contribution < 1.29 is 9.53 Å². The lowest BCUT2D eigenvalue weighted by Crippen LogP contribution is -2.23. The van der Waals surface area contributed by atoms with Crippen LogP contribution in [0.4, 0.5) is 0 Å². The molecule has 0 radical (unpaired) electrons. The van der Waals surface area contributed by atoms with Crippen LogP contribution in [0.3, 0.4) is 0 Å². The zero-order valence-electron chi connectivity index (χ0n) is 16.1. The molecule has 0 aliphatic heterocycles. The van der Waals surface area contributed by atoms with E-state index in [-0.39, 0.29) is 11.5 Å². The Morgan fingerprint density at radius 2 is 2.10 bits per heavy atom. The van der Waals surface area contributed by atoms with Crippen LogP contribution in [0.1, 0.15) is 44.5 Å². The molecule has 0 saturated carbocycles. The number of esters is 1. The first-order valence-corrected chi connectivity index (χ1v) is 10.2. The van der Waals surface area contributed by atoms with E-state index in [0.717, 1.165) is 10.9 Å². The SMILES string of the molecule is CC[C@@H](C)c1nc2ccc(Br)cc2c(=O)n1N=Cc1cc(Cl)ccc1OC(C)=O. The molecule has 8 heteroatoms. The summed E-state index contributed by atoms with van der Waals surface area (Å²) in [6.45, 7) is 5.32. The average molecular weight is 477 g/mol. The van der Waals surface area contributed by atoms with Gasteiger partial charge in [-0.05, 0) is 42.8 Å². The third kappa shape index (κ3) is 4.74. The van der Waals surface area contributed by atoms with E-state index in [1.807, 2.05) is 19.9 Å². The summed E-state index contributed by atoms with van der Waals surface area (Å²) in [6.07, 6.45) is 2.24. The number of hydrogen-bond acceptors (Lipinski definition) is 5. The Balaban J connectivity index is 2.19. The minimum absolute atomic E-state index is 0.0141. The fraction of sp³-hybridized carbons (Fsp3) is 0.238. The van der Waals surface area contributed by atoms with Gasteiger partial charge in [0.05, 0.1) is 17.1 Å². The molecular formula is C21H19BrClN3O3. The van der Waals surface area contributed by atoms with E-state index >= 15 is 0 Å². The van der Waals surface area contributed by atoms with Crippen molar-refractivity contribution in [3.8, 4) is 5.75 Å². The number of rotatable bonds is 5. The Bertz CT molecular complexity index is 1170. The second-order valence-corrected chi connectivity index (χ2v) is 7.93. The van der Waals surface area contributed by atoms with E-state index in [1.165, 1.54) is 17.8 Å². The number of aromatic nitrogens is 2. The molecule has 0 bridgehead atoms. The molecule has 1 atom stereocenters. The molecule has 1 heterocycles. The number of carbonyl (C=O) groups is 1. The van der Waals surface area contributed by atoms with Crippen molar-refractivity contribution in [2.45, 2.75) is 33.1 Å². The number of halogens is 2. The zero-order chi connectivity index (χ0) is 21.1. The lowest BCUT2D eigenvalue weighted by atomic mass is 10.1. The first kappa shape index (κ1) is 21.2. The van der Waals surface area contributed by atoms with Gasteiger partial charge in [0.2, 0.25) is 0 Å². The first-order chi connectivity index (χ1) is 13.8. The Labute approximate surface area is 181 Å². The Morgan fingerprint density at radius 1 is 1.34 bits per heavy atom. The van der Waals surface area contributed by atoms with Crippen molar-refractivity contribution in [1.29, 1.82) is 0 Å². The van der Waals surface area contributed by atoms with Crippen molar-refractivity contribution in [3.05, 3.63) is 67.6 Å². The quantitative estimate of drug-likeness (QED) is 0.290. The molecular weight excluding hydrogens is 458 g/mol. The lowest BCUT2D eigenvalue weighted by molar-refractivity contribution is -0.131. The van der Waals surface area contributed by atoms with Crippen molar-refractivity contribution in [3.63, 3.8) is 0 Å². The van der Waals surface area contributed by atoms with E-state index in [4.69, 9.17) is 16.3 Å². The molecule has 0 spiro atoms. The second kappa shape index (κ2) is 8.88. The second-order valence-electron chi connectivity index (χ2n) is 6.58. The Hall–Kier alpha value is -2.51. The van der Waals surface area contributed by atoms with Gasteiger partial charge in [-0.3, -0.25) is 9.59 Å². The van der Waals surface area contributed by atoms with Crippen LogP contribution in [0.15, 0.2) is 50.8 Å². The van der Waals surface area contributed by atoms with Gasteiger partial charge in [-0.1, -0.05) is 41.4 Å². The maximum atomic E-state index is 13.1. The maximum Gasteiger partial charge on any atom is 0.308 e. The topological polar surface area (TPSA) is 73.6 Å². The predicted octanol–water partition coefficient (Wildman–Crippen LogP) is 5.13. The molecule has 0 amide bonds. The molecule has 150 valence electrons. The third-order valence-corrected chi connectivity index (χ3v) is 5.15. The van der Waals surface area contributed by atoms with E-state index in [0.29, 0.717) is 33.1 Å². The van der Waals surface area contributed by atoms with Gasteiger partial charge in [-0.25, -0.2) is 4.98 Å². The molecule has 0 N–H and O–H groups in total. The molecule has 3 rings (SSSR count). The van der Waals surface area contributed by atoms with E-state index in [9.17, 15) is 9.59 Å². The summed E-state index contributed by atoms with van der Waals surface area (Å²) in [7, 11) is 0. The first-order valence-electron chi connectivity index (χ1n) is 9.04. The van der Waals surface area contributed by atoms with Crippen LogP contribution in [-0.2, 0) is 4.79 Å². The molecule has 6 nitrogen and oxygen atoms in total. The largest absolute Gasteiger partial charge is 0.426 e. The maximum absolute atomic E-state index is 13.1. The minimum Gasteiger partial charge on any atom is -0.426 e. The lowest BCUT2D eigenvalue weighted by Gasteiger charge is -2.14. The molecule has 3 aromatic rings. The zero-order valence-corrected chi connectivity index (χ0v) is 18.5. The van der Waals surface area contributed by atoms with Crippen LogP contribution in [0, 0.1) is 0 Å². The highest BCUT2D eigenvalue weighted by atomic mass is 79.9. The highest BCUT2D eigenvalue weighted by Crippen LogP contribution is 2.23. The summed E-state index contributed by atoms with van der Waals surface area (Å²) in [5, 5.41) is 5.29.